The Morgan fingerprint density at radius 3 is 2.62 bits per heavy atom. The first-order valence-electron chi connectivity index (χ1n) is 11.2. The fourth-order valence-electron chi connectivity index (χ4n) is 4.21. The molecule has 2 aliphatic rings. The van der Waals surface area contributed by atoms with Gasteiger partial charge in [0.25, 0.3) is 5.91 Å². The molecule has 1 aromatic carbocycles. The third-order valence-corrected chi connectivity index (χ3v) is 6.56. The Labute approximate surface area is 202 Å². The number of carbonyl (C=O) groups excluding carboxylic acids is 2. The zero-order valence-corrected chi connectivity index (χ0v) is 20.0. The molecule has 2 amide bonds. The topological polar surface area (TPSA) is 109 Å². The predicted octanol–water partition coefficient (Wildman–Crippen LogP) is 3.47. The number of hydrogen-bond acceptors (Lipinski definition) is 7. The molecule has 1 saturated heterocycles. The summed E-state index contributed by atoms with van der Waals surface area (Å²) in [6.07, 6.45) is 5.69. The number of benzene rings is 1. The van der Waals surface area contributed by atoms with E-state index in [0.717, 1.165) is 25.0 Å². The second-order valence-electron chi connectivity index (χ2n) is 8.79. The Balaban J connectivity index is 1.39. The van der Waals surface area contributed by atoms with Crippen LogP contribution in [-0.4, -0.2) is 61.0 Å². The van der Waals surface area contributed by atoms with E-state index in [1.807, 2.05) is 6.92 Å². The summed E-state index contributed by atoms with van der Waals surface area (Å²) in [5, 5.41) is 3.96. The minimum Gasteiger partial charge on any atom is -0.343 e. The molecule has 5 rings (SSSR count). The molecule has 11 heteroatoms. The van der Waals surface area contributed by atoms with Gasteiger partial charge in [0.05, 0.1) is 17.3 Å². The zero-order valence-electron chi connectivity index (χ0n) is 19.2. The first kappa shape index (κ1) is 22.3. The first-order valence-corrected chi connectivity index (χ1v) is 11.6. The van der Waals surface area contributed by atoms with Gasteiger partial charge in [0.1, 0.15) is 12.2 Å². The number of nitrogens with one attached hydrogen (secondary N) is 1. The van der Waals surface area contributed by atoms with Crippen molar-refractivity contribution in [1.82, 2.24) is 29.4 Å². The molecule has 1 saturated carbocycles. The van der Waals surface area contributed by atoms with Crippen molar-refractivity contribution in [1.29, 1.82) is 0 Å². The fourth-order valence-corrected chi connectivity index (χ4v) is 4.34. The summed E-state index contributed by atoms with van der Waals surface area (Å²) in [7, 11) is 1.78. The minimum absolute atomic E-state index is 0.0108. The fraction of sp³-hybridized carbons (Fsp3) is 0.391. The van der Waals surface area contributed by atoms with Gasteiger partial charge < -0.3 is 10.2 Å². The van der Waals surface area contributed by atoms with E-state index in [-0.39, 0.29) is 18.0 Å². The van der Waals surface area contributed by atoms with Crippen LogP contribution in [0.3, 0.4) is 0 Å². The molecular weight excluding hydrogens is 456 g/mol. The van der Waals surface area contributed by atoms with Gasteiger partial charge >= 0.3 is 6.03 Å². The maximum Gasteiger partial charge on any atom is 0.327 e. The Morgan fingerprint density at radius 1 is 1.21 bits per heavy atom. The van der Waals surface area contributed by atoms with Crippen molar-refractivity contribution < 1.29 is 9.59 Å². The summed E-state index contributed by atoms with van der Waals surface area (Å²) in [4.78, 5) is 46.8. The second-order valence-corrected chi connectivity index (χ2v) is 9.22. The summed E-state index contributed by atoms with van der Waals surface area (Å²) >= 11 is 5.93. The van der Waals surface area contributed by atoms with Crippen LogP contribution in [0.1, 0.15) is 48.1 Å². The molecule has 1 atom stereocenters. The van der Waals surface area contributed by atoms with E-state index in [0.29, 0.717) is 34.9 Å². The monoisotopic (exact) mass is 480 g/mol. The quantitative estimate of drug-likeness (QED) is 0.575. The third kappa shape index (κ3) is 3.98. The molecule has 1 N–H and O–H groups in total. The summed E-state index contributed by atoms with van der Waals surface area (Å²) in [5.74, 6) is 1.06. The molecule has 10 nitrogen and oxygen atoms in total. The number of halogens is 1. The van der Waals surface area contributed by atoms with Gasteiger partial charge in [-0.2, -0.15) is 15.0 Å². The standard InChI is InChI=1S/C23H25ClN8O2/c1-4-17-11-30(3)22(34)32(17)21-27-14(2)26-20(28-21)29-23(9-10-23)18-12-31(13-25-18)19(33)15-5-7-16(24)8-6-15/h5-8,12-13,17H,4,9-11H2,1-3H3,(H,26,27,28,29)/t17-/m0/s1. The average molecular weight is 481 g/mol. The number of amides is 2. The molecule has 3 aromatic rings. The SMILES string of the molecule is CC[C@H]1CN(C)C(=O)N1c1nc(C)nc(NC2(c3cn(C(=O)c4ccc(Cl)cc4)cn3)CC2)n1. The number of aromatic nitrogens is 5. The van der Waals surface area contributed by atoms with E-state index < -0.39 is 5.54 Å². The number of carbonyl (C=O) groups is 2. The number of nitrogens with zero attached hydrogens (tertiary/aromatic N) is 7. The maximum atomic E-state index is 12.8. The van der Waals surface area contributed by atoms with Crippen LogP contribution in [-0.2, 0) is 5.54 Å². The lowest BCUT2D eigenvalue weighted by molar-refractivity contribution is 0.0959. The van der Waals surface area contributed by atoms with E-state index in [2.05, 4.69) is 25.3 Å². The van der Waals surface area contributed by atoms with Gasteiger partial charge in [-0.1, -0.05) is 18.5 Å². The molecule has 3 heterocycles. The molecule has 0 bridgehead atoms. The highest BCUT2D eigenvalue weighted by molar-refractivity contribution is 6.30. The lowest BCUT2D eigenvalue weighted by atomic mass is 10.2. The molecule has 1 aliphatic heterocycles. The van der Waals surface area contributed by atoms with Crippen LogP contribution in [0.15, 0.2) is 36.8 Å². The Kier molecular flexibility index (Phi) is 5.47. The number of hydrogen-bond donors (Lipinski definition) is 1. The molecule has 1 aliphatic carbocycles. The Hall–Kier alpha value is -3.53. The van der Waals surface area contributed by atoms with E-state index in [9.17, 15) is 9.59 Å². The molecule has 0 radical (unpaired) electrons. The van der Waals surface area contributed by atoms with Crippen LogP contribution in [0.4, 0.5) is 16.7 Å². The average Bonchev–Trinajstić information content (AvgIpc) is 3.29. The summed E-state index contributed by atoms with van der Waals surface area (Å²) in [6, 6.07) is 6.63. The molecule has 2 aromatic heterocycles. The molecule has 34 heavy (non-hydrogen) atoms. The lowest BCUT2D eigenvalue weighted by Gasteiger charge is -2.21. The van der Waals surface area contributed by atoms with Crippen LogP contribution >= 0.6 is 11.6 Å². The molecule has 2 fully saturated rings. The van der Waals surface area contributed by atoms with Crippen molar-refractivity contribution in [3.05, 3.63) is 58.9 Å². The smallest absolute Gasteiger partial charge is 0.327 e. The maximum absolute atomic E-state index is 12.8. The first-order chi connectivity index (χ1) is 16.3. The summed E-state index contributed by atoms with van der Waals surface area (Å²) in [5.41, 5.74) is 0.791. The van der Waals surface area contributed by atoms with Crippen molar-refractivity contribution in [2.45, 2.75) is 44.7 Å². The van der Waals surface area contributed by atoms with E-state index >= 15 is 0 Å². The van der Waals surface area contributed by atoms with Crippen molar-refractivity contribution >= 4 is 35.4 Å². The second kappa shape index (κ2) is 8.35. The lowest BCUT2D eigenvalue weighted by Crippen LogP contribution is -2.36. The number of aryl methyl sites for hydroxylation is 1. The van der Waals surface area contributed by atoms with Gasteiger partial charge in [-0.3, -0.25) is 14.3 Å². The zero-order chi connectivity index (χ0) is 24.0. The number of likely N-dealkylation sites (N-methyl/N-ethyl adjacent to an activating group) is 1. The molecule has 176 valence electrons. The Bertz CT molecular complexity index is 1250. The van der Waals surface area contributed by atoms with Crippen molar-refractivity contribution in [3.8, 4) is 0 Å². The predicted molar refractivity (Wildman–Crippen MR) is 127 cm³/mol. The van der Waals surface area contributed by atoms with Gasteiger partial charge in [0.2, 0.25) is 11.9 Å². The van der Waals surface area contributed by atoms with Crippen molar-refractivity contribution in [2.24, 2.45) is 0 Å². The van der Waals surface area contributed by atoms with Crippen LogP contribution in [0.2, 0.25) is 5.02 Å². The Morgan fingerprint density at radius 2 is 1.94 bits per heavy atom. The van der Waals surface area contributed by atoms with Gasteiger partial charge in [-0.15, -0.1) is 0 Å². The highest BCUT2D eigenvalue weighted by atomic mass is 35.5. The van der Waals surface area contributed by atoms with Gasteiger partial charge in [0.15, 0.2) is 0 Å². The number of urea groups is 1. The normalized spacial score (nSPS) is 18.9. The molecular formula is C23H25ClN8O2. The van der Waals surface area contributed by atoms with Gasteiger partial charge in [-0.05, 0) is 50.5 Å². The highest BCUT2D eigenvalue weighted by Crippen LogP contribution is 2.47. The number of rotatable bonds is 6. The van der Waals surface area contributed by atoms with Crippen LogP contribution in [0, 0.1) is 6.92 Å². The number of imidazole rings is 1. The third-order valence-electron chi connectivity index (χ3n) is 6.30. The van der Waals surface area contributed by atoms with Crippen LogP contribution in [0.25, 0.3) is 0 Å². The van der Waals surface area contributed by atoms with E-state index in [4.69, 9.17) is 11.6 Å². The highest BCUT2D eigenvalue weighted by Gasteiger charge is 2.47. The largest absolute Gasteiger partial charge is 0.343 e. The van der Waals surface area contributed by atoms with Crippen molar-refractivity contribution in [2.75, 3.05) is 23.8 Å². The van der Waals surface area contributed by atoms with Gasteiger partial charge in [-0.25, -0.2) is 9.78 Å². The van der Waals surface area contributed by atoms with E-state index in [1.54, 1.807) is 54.2 Å². The summed E-state index contributed by atoms with van der Waals surface area (Å²) < 4.78 is 1.47. The van der Waals surface area contributed by atoms with Crippen molar-refractivity contribution in [3.63, 3.8) is 0 Å². The minimum atomic E-state index is -0.466. The molecule has 0 spiro atoms. The number of anilines is 2. The van der Waals surface area contributed by atoms with Crippen LogP contribution in [0.5, 0.6) is 0 Å². The van der Waals surface area contributed by atoms with Crippen LogP contribution < -0.4 is 10.2 Å². The van der Waals surface area contributed by atoms with E-state index in [1.165, 1.54) is 10.9 Å². The summed E-state index contributed by atoms with van der Waals surface area (Å²) in [6.45, 7) is 4.45. The van der Waals surface area contributed by atoms with Gasteiger partial charge in [0, 0.05) is 30.4 Å². The molecule has 0 unspecified atom stereocenters.